The molecule has 0 spiro atoms. The van der Waals surface area contributed by atoms with Crippen molar-refractivity contribution < 1.29 is 0 Å². The maximum atomic E-state index is 7.28. The lowest BCUT2D eigenvalue weighted by Crippen LogP contribution is -2.25. The summed E-state index contributed by atoms with van der Waals surface area (Å²) in [5, 5.41) is 14.0. The number of nitrogens with zero attached hydrogens (tertiary/aromatic N) is 2. The number of nitrogens with one attached hydrogen (secondary N) is 2. The third kappa shape index (κ3) is 1.15. The Hall–Kier alpha value is -1.32. The van der Waals surface area contributed by atoms with Crippen LogP contribution in [0, 0.1) is 12.3 Å². The summed E-state index contributed by atoms with van der Waals surface area (Å²) in [6.07, 6.45) is 1.74. The molecule has 0 radical (unpaired) electrons. The molecule has 0 bridgehead atoms. The number of hydrogen-bond donors (Lipinski definition) is 2. The molecule has 1 aromatic heterocycles. The molecule has 0 atom stereocenters. The Bertz CT molecular complexity index is 238. The fourth-order valence-electron chi connectivity index (χ4n) is 0.654. The largest absolute Gasteiger partial charge is 0.358 e. The van der Waals surface area contributed by atoms with E-state index >= 15 is 0 Å². The van der Waals surface area contributed by atoms with Crippen LogP contribution in [0.2, 0.25) is 0 Å². The van der Waals surface area contributed by atoms with Crippen LogP contribution in [-0.2, 0) is 0 Å². The third-order valence-electron chi connectivity index (χ3n) is 1.19. The molecule has 1 heterocycles. The highest BCUT2D eigenvalue weighted by atomic mass is 15.4. The molecule has 0 saturated heterocycles. The first kappa shape index (κ1) is 6.80. The average molecular weight is 138 g/mol. The van der Waals surface area contributed by atoms with E-state index in [0.717, 1.165) is 5.69 Å². The van der Waals surface area contributed by atoms with E-state index in [2.05, 4.69) is 10.4 Å². The van der Waals surface area contributed by atoms with Gasteiger partial charge in [0.15, 0.2) is 0 Å². The van der Waals surface area contributed by atoms with Crippen molar-refractivity contribution in [3.63, 3.8) is 0 Å². The summed E-state index contributed by atoms with van der Waals surface area (Å²) in [5.74, 6) is 0.285. The lowest BCUT2D eigenvalue weighted by molar-refractivity contribution is 0.855. The molecule has 0 aromatic carbocycles. The fourth-order valence-corrected chi connectivity index (χ4v) is 0.654. The summed E-state index contributed by atoms with van der Waals surface area (Å²) < 4.78 is 1.48. The third-order valence-corrected chi connectivity index (χ3v) is 1.19. The predicted molar refractivity (Wildman–Crippen MR) is 39.1 cm³/mol. The maximum Gasteiger partial charge on any atom is 0.216 e. The fraction of sp³-hybridized carbons (Fsp3) is 0.333. The monoisotopic (exact) mass is 138 g/mol. The van der Waals surface area contributed by atoms with E-state index < -0.39 is 0 Å². The van der Waals surface area contributed by atoms with Crippen molar-refractivity contribution in [2.24, 2.45) is 0 Å². The van der Waals surface area contributed by atoms with Gasteiger partial charge in [0.2, 0.25) is 5.96 Å². The normalized spacial score (nSPS) is 9.40. The Morgan fingerprint density at radius 1 is 1.80 bits per heavy atom. The van der Waals surface area contributed by atoms with Gasteiger partial charge in [0.25, 0.3) is 0 Å². The zero-order valence-corrected chi connectivity index (χ0v) is 6.05. The Morgan fingerprint density at radius 2 is 2.50 bits per heavy atom. The van der Waals surface area contributed by atoms with Crippen LogP contribution in [0.3, 0.4) is 0 Å². The van der Waals surface area contributed by atoms with Gasteiger partial charge in [0.1, 0.15) is 0 Å². The van der Waals surface area contributed by atoms with Gasteiger partial charge in [-0.3, -0.25) is 5.41 Å². The van der Waals surface area contributed by atoms with Crippen LogP contribution in [-0.4, -0.2) is 22.8 Å². The Kier molecular flexibility index (Phi) is 1.71. The van der Waals surface area contributed by atoms with Gasteiger partial charge in [-0.25, -0.2) is 4.68 Å². The minimum atomic E-state index is 0.285. The van der Waals surface area contributed by atoms with Crippen molar-refractivity contribution in [1.29, 1.82) is 5.41 Å². The van der Waals surface area contributed by atoms with Crippen molar-refractivity contribution in [1.82, 2.24) is 15.1 Å². The second-order valence-corrected chi connectivity index (χ2v) is 2.00. The van der Waals surface area contributed by atoms with Crippen LogP contribution >= 0.6 is 0 Å². The van der Waals surface area contributed by atoms with Crippen molar-refractivity contribution >= 4 is 5.96 Å². The molecule has 10 heavy (non-hydrogen) atoms. The average Bonchev–Trinajstić information content (AvgIpc) is 2.34. The first-order chi connectivity index (χ1) is 4.74. The topological polar surface area (TPSA) is 53.7 Å². The van der Waals surface area contributed by atoms with Gasteiger partial charge in [0, 0.05) is 13.2 Å². The lowest BCUT2D eigenvalue weighted by Gasteiger charge is -1.99. The summed E-state index contributed by atoms with van der Waals surface area (Å²) in [5.41, 5.74) is 0.917. The van der Waals surface area contributed by atoms with Gasteiger partial charge >= 0.3 is 0 Å². The van der Waals surface area contributed by atoms with Crippen LogP contribution in [0.1, 0.15) is 5.69 Å². The van der Waals surface area contributed by atoms with Crippen molar-refractivity contribution in [2.75, 3.05) is 7.05 Å². The molecule has 0 fully saturated rings. The molecule has 0 aliphatic rings. The van der Waals surface area contributed by atoms with Crippen LogP contribution in [0.5, 0.6) is 0 Å². The van der Waals surface area contributed by atoms with E-state index in [0.29, 0.717) is 0 Å². The van der Waals surface area contributed by atoms with Crippen LogP contribution in [0.4, 0.5) is 0 Å². The van der Waals surface area contributed by atoms with E-state index in [1.54, 1.807) is 13.2 Å². The van der Waals surface area contributed by atoms with Crippen molar-refractivity contribution in [3.05, 3.63) is 18.0 Å². The molecule has 4 heteroatoms. The number of aromatic nitrogens is 2. The molecule has 1 rings (SSSR count). The van der Waals surface area contributed by atoms with Crippen LogP contribution in [0.15, 0.2) is 12.3 Å². The Balaban J connectivity index is 2.85. The highest BCUT2D eigenvalue weighted by Crippen LogP contribution is 1.89. The second-order valence-electron chi connectivity index (χ2n) is 2.00. The molecule has 1 aromatic rings. The van der Waals surface area contributed by atoms with Crippen LogP contribution < -0.4 is 5.32 Å². The highest BCUT2D eigenvalue weighted by molar-refractivity contribution is 5.77. The maximum absolute atomic E-state index is 7.28. The minimum absolute atomic E-state index is 0.285. The molecule has 0 saturated carbocycles. The van der Waals surface area contributed by atoms with Crippen molar-refractivity contribution in [3.8, 4) is 0 Å². The Morgan fingerprint density at radius 3 is 2.90 bits per heavy atom. The molecule has 4 nitrogen and oxygen atoms in total. The molecule has 0 amide bonds. The molecular formula is C6H10N4. The first-order valence-corrected chi connectivity index (χ1v) is 3.03. The van der Waals surface area contributed by atoms with E-state index in [-0.39, 0.29) is 5.96 Å². The Labute approximate surface area is 59.4 Å². The molecule has 0 aliphatic heterocycles. The number of hydrogen-bond acceptors (Lipinski definition) is 2. The van der Waals surface area contributed by atoms with Gasteiger partial charge < -0.3 is 5.32 Å². The van der Waals surface area contributed by atoms with E-state index in [4.69, 9.17) is 5.41 Å². The summed E-state index contributed by atoms with van der Waals surface area (Å²) >= 11 is 0. The zero-order chi connectivity index (χ0) is 7.56. The lowest BCUT2D eigenvalue weighted by atomic mass is 10.5. The van der Waals surface area contributed by atoms with Gasteiger partial charge in [-0.05, 0) is 13.0 Å². The first-order valence-electron chi connectivity index (χ1n) is 3.03. The highest BCUT2D eigenvalue weighted by Gasteiger charge is 1.95. The molecule has 54 valence electrons. The standard InChI is InChI=1S/C6H10N4/c1-5-3-4-10(9-5)6(7)8-2/h3-4H,1-2H3,(H2,7,8). The van der Waals surface area contributed by atoms with Gasteiger partial charge in [0.05, 0.1) is 5.69 Å². The van der Waals surface area contributed by atoms with Crippen LogP contribution in [0.25, 0.3) is 0 Å². The predicted octanol–water partition coefficient (Wildman–Crippen LogP) is 0.194. The molecular weight excluding hydrogens is 128 g/mol. The van der Waals surface area contributed by atoms with E-state index in [9.17, 15) is 0 Å². The molecule has 0 aliphatic carbocycles. The number of rotatable bonds is 0. The van der Waals surface area contributed by atoms with Gasteiger partial charge in [-0.2, -0.15) is 5.10 Å². The summed E-state index contributed by atoms with van der Waals surface area (Å²) in [7, 11) is 1.69. The second kappa shape index (κ2) is 2.51. The number of aryl methyl sites for hydroxylation is 1. The SMILES string of the molecule is CNC(=N)n1ccc(C)n1. The smallest absolute Gasteiger partial charge is 0.216 e. The zero-order valence-electron chi connectivity index (χ0n) is 6.05. The summed E-state index contributed by atoms with van der Waals surface area (Å²) in [6, 6.07) is 1.85. The quantitative estimate of drug-likeness (QED) is 0.397. The van der Waals surface area contributed by atoms with E-state index in [1.807, 2.05) is 13.0 Å². The van der Waals surface area contributed by atoms with E-state index in [1.165, 1.54) is 4.68 Å². The minimum Gasteiger partial charge on any atom is -0.358 e. The van der Waals surface area contributed by atoms with Gasteiger partial charge in [-0.15, -0.1) is 0 Å². The molecule has 0 unspecified atom stereocenters. The van der Waals surface area contributed by atoms with Crippen molar-refractivity contribution in [2.45, 2.75) is 6.92 Å². The summed E-state index contributed by atoms with van der Waals surface area (Å²) in [4.78, 5) is 0. The van der Waals surface area contributed by atoms with Gasteiger partial charge in [-0.1, -0.05) is 0 Å². The molecule has 2 N–H and O–H groups in total. The summed E-state index contributed by atoms with van der Waals surface area (Å²) in [6.45, 7) is 1.89.